The summed E-state index contributed by atoms with van der Waals surface area (Å²) in [6.45, 7) is 6.74. The van der Waals surface area contributed by atoms with Gasteiger partial charge in [-0.2, -0.15) is 0 Å². The van der Waals surface area contributed by atoms with Crippen molar-refractivity contribution in [1.82, 2.24) is 5.32 Å². The average Bonchev–Trinajstić information content (AvgIpc) is 2.31. The first-order valence-corrected chi connectivity index (χ1v) is 6.26. The van der Waals surface area contributed by atoms with Crippen molar-refractivity contribution in [2.45, 2.75) is 32.6 Å². The number of rotatable bonds is 2. The Labute approximate surface area is 98.6 Å². The Morgan fingerprint density at radius 3 is 2.25 bits per heavy atom. The lowest BCUT2D eigenvalue weighted by molar-refractivity contribution is 0.613. The molecule has 0 atom stereocenters. The van der Waals surface area contributed by atoms with E-state index in [-0.39, 0.29) is 0 Å². The monoisotopic (exact) mass is 215 g/mol. The van der Waals surface area contributed by atoms with Gasteiger partial charge in [-0.05, 0) is 43.0 Å². The summed E-state index contributed by atoms with van der Waals surface area (Å²) in [7, 11) is 0. The van der Waals surface area contributed by atoms with Crippen LogP contribution in [0.3, 0.4) is 0 Å². The molecule has 1 saturated heterocycles. The second-order valence-electron chi connectivity index (χ2n) is 4.87. The van der Waals surface area contributed by atoms with Gasteiger partial charge in [-0.3, -0.25) is 0 Å². The molecule has 0 bridgehead atoms. The standard InChI is InChI=1S/C15H21N/c1-12(2)15-5-3-13(4-6-15)11-14-7-9-16-10-8-14/h3-6,11-12,16H,7-10H2,1-2H3. The second-order valence-corrected chi connectivity index (χ2v) is 4.87. The van der Waals surface area contributed by atoms with Gasteiger partial charge in [0.25, 0.3) is 0 Å². The number of hydrogen-bond donors (Lipinski definition) is 1. The molecule has 0 spiro atoms. The van der Waals surface area contributed by atoms with Crippen molar-refractivity contribution in [3.05, 3.63) is 41.0 Å². The van der Waals surface area contributed by atoms with Crippen LogP contribution >= 0.6 is 0 Å². The van der Waals surface area contributed by atoms with Crippen LogP contribution in [0.1, 0.15) is 43.7 Å². The van der Waals surface area contributed by atoms with Gasteiger partial charge in [0, 0.05) is 0 Å². The van der Waals surface area contributed by atoms with E-state index in [4.69, 9.17) is 0 Å². The van der Waals surface area contributed by atoms with Gasteiger partial charge < -0.3 is 5.32 Å². The van der Waals surface area contributed by atoms with Gasteiger partial charge in [-0.25, -0.2) is 0 Å². The first-order chi connectivity index (χ1) is 7.75. The van der Waals surface area contributed by atoms with Gasteiger partial charge in [0.1, 0.15) is 0 Å². The average molecular weight is 215 g/mol. The fraction of sp³-hybridized carbons (Fsp3) is 0.467. The van der Waals surface area contributed by atoms with Crippen molar-refractivity contribution in [2.75, 3.05) is 13.1 Å². The molecule has 0 aromatic heterocycles. The highest BCUT2D eigenvalue weighted by atomic mass is 14.9. The molecule has 1 aromatic rings. The van der Waals surface area contributed by atoms with E-state index in [0.29, 0.717) is 5.92 Å². The molecule has 0 aliphatic carbocycles. The molecule has 1 aliphatic rings. The maximum atomic E-state index is 3.38. The zero-order valence-corrected chi connectivity index (χ0v) is 10.3. The van der Waals surface area contributed by atoms with Crippen LogP contribution in [0.25, 0.3) is 6.08 Å². The smallest absolute Gasteiger partial charge is 0.00113 e. The third kappa shape index (κ3) is 2.96. The van der Waals surface area contributed by atoms with E-state index in [1.165, 1.54) is 24.0 Å². The molecular formula is C15H21N. The molecule has 16 heavy (non-hydrogen) atoms. The summed E-state index contributed by atoms with van der Waals surface area (Å²) in [6.07, 6.45) is 4.75. The van der Waals surface area contributed by atoms with Crippen molar-refractivity contribution >= 4 is 6.08 Å². The molecule has 0 unspecified atom stereocenters. The maximum Gasteiger partial charge on any atom is -0.00113 e. The Kier molecular flexibility index (Phi) is 3.79. The zero-order chi connectivity index (χ0) is 11.4. The molecule has 1 heterocycles. The van der Waals surface area contributed by atoms with Crippen molar-refractivity contribution < 1.29 is 0 Å². The summed E-state index contributed by atoms with van der Waals surface area (Å²) in [5.41, 5.74) is 4.35. The number of hydrogen-bond acceptors (Lipinski definition) is 1. The van der Waals surface area contributed by atoms with Gasteiger partial charge in [0.05, 0.1) is 0 Å². The third-order valence-electron chi connectivity index (χ3n) is 3.22. The highest BCUT2D eigenvalue weighted by molar-refractivity contribution is 5.53. The molecule has 86 valence electrons. The van der Waals surface area contributed by atoms with E-state index in [9.17, 15) is 0 Å². The van der Waals surface area contributed by atoms with Gasteiger partial charge >= 0.3 is 0 Å². The Balaban J connectivity index is 2.09. The lowest BCUT2D eigenvalue weighted by atomic mass is 9.99. The highest BCUT2D eigenvalue weighted by Crippen LogP contribution is 2.18. The van der Waals surface area contributed by atoms with Crippen LogP contribution in [0.4, 0.5) is 0 Å². The molecule has 1 fully saturated rings. The molecule has 1 aromatic carbocycles. The minimum atomic E-state index is 0.626. The Morgan fingerprint density at radius 2 is 1.69 bits per heavy atom. The van der Waals surface area contributed by atoms with Crippen LogP contribution in [0.2, 0.25) is 0 Å². The van der Waals surface area contributed by atoms with Crippen LogP contribution in [0, 0.1) is 0 Å². The fourth-order valence-corrected chi connectivity index (χ4v) is 2.11. The summed E-state index contributed by atoms with van der Waals surface area (Å²) >= 11 is 0. The van der Waals surface area contributed by atoms with E-state index in [1.807, 2.05) is 0 Å². The van der Waals surface area contributed by atoms with Crippen LogP contribution in [-0.4, -0.2) is 13.1 Å². The fourth-order valence-electron chi connectivity index (χ4n) is 2.11. The van der Waals surface area contributed by atoms with Crippen LogP contribution < -0.4 is 5.32 Å². The van der Waals surface area contributed by atoms with Gasteiger partial charge in [-0.1, -0.05) is 49.8 Å². The van der Waals surface area contributed by atoms with Crippen molar-refractivity contribution in [3.63, 3.8) is 0 Å². The minimum absolute atomic E-state index is 0.626. The lowest BCUT2D eigenvalue weighted by Gasteiger charge is -2.15. The minimum Gasteiger partial charge on any atom is -0.316 e. The molecule has 1 N–H and O–H groups in total. The van der Waals surface area contributed by atoms with E-state index in [2.05, 4.69) is 49.5 Å². The van der Waals surface area contributed by atoms with Crippen molar-refractivity contribution in [1.29, 1.82) is 0 Å². The predicted octanol–water partition coefficient (Wildman–Crippen LogP) is 3.58. The van der Waals surface area contributed by atoms with E-state index < -0.39 is 0 Å². The quantitative estimate of drug-likeness (QED) is 0.795. The van der Waals surface area contributed by atoms with Crippen molar-refractivity contribution in [2.24, 2.45) is 0 Å². The summed E-state index contributed by atoms with van der Waals surface area (Å²) in [5, 5.41) is 3.38. The molecule has 1 nitrogen and oxygen atoms in total. The normalized spacial score (nSPS) is 16.6. The SMILES string of the molecule is CC(C)c1ccc(C=C2CCNCC2)cc1. The van der Waals surface area contributed by atoms with Crippen molar-refractivity contribution in [3.8, 4) is 0 Å². The highest BCUT2D eigenvalue weighted by Gasteiger charge is 2.04. The molecule has 0 saturated carbocycles. The molecular weight excluding hydrogens is 194 g/mol. The number of benzene rings is 1. The van der Waals surface area contributed by atoms with Crippen LogP contribution in [0.15, 0.2) is 29.8 Å². The first kappa shape index (κ1) is 11.4. The van der Waals surface area contributed by atoms with Crippen LogP contribution in [-0.2, 0) is 0 Å². The zero-order valence-electron chi connectivity index (χ0n) is 10.3. The Hall–Kier alpha value is -1.08. The molecule has 0 amide bonds. The van der Waals surface area contributed by atoms with Crippen LogP contribution in [0.5, 0.6) is 0 Å². The molecule has 1 heteroatoms. The van der Waals surface area contributed by atoms with Gasteiger partial charge in [0.2, 0.25) is 0 Å². The number of piperidine rings is 1. The number of nitrogens with one attached hydrogen (secondary N) is 1. The Bertz CT molecular complexity index is 352. The summed E-state index contributed by atoms with van der Waals surface area (Å²) in [5.74, 6) is 0.626. The predicted molar refractivity (Wildman–Crippen MR) is 70.6 cm³/mol. The summed E-state index contributed by atoms with van der Waals surface area (Å²) in [4.78, 5) is 0. The van der Waals surface area contributed by atoms with E-state index >= 15 is 0 Å². The first-order valence-electron chi connectivity index (χ1n) is 6.26. The summed E-state index contributed by atoms with van der Waals surface area (Å²) < 4.78 is 0. The van der Waals surface area contributed by atoms with Gasteiger partial charge in [0.15, 0.2) is 0 Å². The van der Waals surface area contributed by atoms with Gasteiger partial charge in [-0.15, -0.1) is 0 Å². The topological polar surface area (TPSA) is 12.0 Å². The lowest BCUT2D eigenvalue weighted by Crippen LogP contribution is -2.22. The molecule has 0 radical (unpaired) electrons. The molecule has 1 aliphatic heterocycles. The third-order valence-corrected chi connectivity index (χ3v) is 3.22. The largest absolute Gasteiger partial charge is 0.316 e. The Morgan fingerprint density at radius 1 is 1.06 bits per heavy atom. The van der Waals surface area contributed by atoms with E-state index in [1.54, 1.807) is 5.57 Å². The summed E-state index contributed by atoms with van der Waals surface area (Å²) in [6, 6.07) is 8.98. The van der Waals surface area contributed by atoms with E-state index in [0.717, 1.165) is 13.1 Å². The molecule has 2 rings (SSSR count). The second kappa shape index (κ2) is 5.31. The maximum absolute atomic E-state index is 3.38.